The molecule has 0 unspecified atom stereocenters. The monoisotopic (exact) mass is 538 g/mol. The minimum Gasteiger partial charge on any atom is -0.200 e. The van der Waals surface area contributed by atoms with Gasteiger partial charge in [0.2, 0.25) is 0 Å². The second-order valence-electron chi connectivity index (χ2n) is 7.13. The van der Waals surface area contributed by atoms with Gasteiger partial charge in [-0.05, 0) is 18.9 Å². The van der Waals surface area contributed by atoms with Crippen LogP contribution in [0, 0.1) is 6.92 Å². The molecule has 1 rings (SSSR count). The molecule has 1 aromatic rings. The molecule has 0 saturated carbocycles. The molecule has 0 aliphatic heterocycles. The molecule has 198 valence electrons. The predicted molar refractivity (Wildman–Crippen MR) is 80.2 cm³/mol. The Labute approximate surface area is 178 Å². The molecule has 1 aromatic carbocycles. The molecule has 0 N–H and O–H groups in total. The van der Waals surface area contributed by atoms with Gasteiger partial charge in [-0.1, -0.05) is 29.8 Å². The Bertz CT molecular complexity index is 848. The number of halogens is 17. The lowest BCUT2D eigenvalue weighted by Gasteiger charge is -2.42. The second kappa shape index (κ2) is 8.31. The van der Waals surface area contributed by atoms with Crippen LogP contribution in [-0.2, 0) is 6.42 Å². The topological polar surface area (TPSA) is 0 Å². The highest BCUT2D eigenvalue weighted by atomic mass is 19.4. The zero-order chi connectivity index (χ0) is 27.4. The standard InChI is InChI=1S/C17H11F17/c1-8-2-4-9(5-3-8)6-7-10(18,19)11(20,21)12(22,23)13(24,25)14(26,27)15(28,29)16(30,31)17(32,33)34/h2-5H,6-7H2,1H3. The molecule has 0 nitrogen and oxygen atoms in total. The minimum atomic E-state index is -8.60. The number of benzene rings is 1. The van der Waals surface area contributed by atoms with E-state index in [1.807, 2.05) is 0 Å². The molecule has 0 fully saturated rings. The summed E-state index contributed by atoms with van der Waals surface area (Å²) in [5, 5.41) is 0. The van der Waals surface area contributed by atoms with Gasteiger partial charge in [0.1, 0.15) is 0 Å². The summed E-state index contributed by atoms with van der Waals surface area (Å²) >= 11 is 0. The summed E-state index contributed by atoms with van der Waals surface area (Å²) < 4.78 is 224. The average molecular weight is 538 g/mol. The number of hydrogen-bond acceptors (Lipinski definition) is 0. The lowest BCUT2D eigenvalue weighted by Crippen LogP contribution is -2.74. The Hall–Kier alpha value is -1.97. The van der Waals surface area contributed by atoms with Gasteiger partial charge >= 0.3 is 47.6 Å². The van der Waals surface area contributed by atoms with Crippen molar-refractivity contribution in [3.05, 3.63) is 35.4 Å². The van der Waals surface area contributed by atoms with Crippen molar-refractivity contribution in [3.8, 4) is 0 Å². The quantitative estimate of drug-likeness (QED) is 0.280. The van der Waals surface area contributed by atoms with Crippen LogP contribution in [0.15, 0.2) is 24.3 Å². The van der Waals surface area contributed by atoms with Gasteiger partial charge in [-0.3, -0.25) is 0 Å². The fraction of sp³-hybridized carbons (Fsp3) is 0.647. The highest BCUT2D eigenvalue weighted by Crippen LogP contribution is 2.64. The summed E-state index contributed by atoms with van der Waals surface area (Å²) in [7, 11) is 0. The van der Waals surface area contributed by atoms with Crippen LogP contribution in [0.25, 0.3) is 0 Å². The molecule has 17 heteroatoms. The van der Waals surface area contributed by atoms with Crippen LogP contribution >= 0.6 is 0 Å². The van der Waals surface area contributed by atoms with Crippen LogP contribution < -0.4 is 0 Å². The Morgan fingerprint density at radius 2 is 0.794 bits per heavy atom. The van der Waals surface area contributed by atoms with E-state index in [9.17, 15) is 74.6 Å². The fourth-order valence-electron chi connectivity index (χ4n) is 2.41. The van der Waals surface area contributed by atoms with E-state index in [0.717, 1.165) is 12.1 Å². The lowest BCUT2D eigenvalue weighted by molar-refractivity contribution is -0.461. The first-order chi connectivity index (χ1) is 14.7. The van der Waals surface area contributed by atoms with Crippen molar-refractivity contribution in [2.24, 2.45) is 0 Å². The van der Waals surface area contributed by atoms with Crippen LogP contribution in [0.4, 0.5) is 74.6 Å². The summed E-state index contributed by atoms with van der Waals surface area (Å²) in [6, 6.07) is 4.39. The Kier molecular flexibility index (Phi) is 7.35. The van der Waals surface area contributed by atoms with Crippen molar-refractivity contribution in [1.82, 2.24) is 0 Å². The molecule has 0 aliphatic carbocycles. The fourth-order valence-corrected chi connectivity index (χ4v) is 2.41. The van der Waals surface area contributed by atoms with Crippen molar-refractivity contribution in [2.45, 2.75) is 67.4 Å². The molecule has 0 radical (unpaired) electrons. The average Bonchev–Trinajstić information content (AvgIpc) is 2.65. The summed E-state index contributed by atoms with van der Waals surface area (Å²) in [4.78, 5) is 0. The number of hydrogen-bond donors (Lipinski definition) is 0. The first-order valence-electron chi connectivity index (χ1n) is 8.49. The van der Waals surface area contributed by atoms with Gasteiger partial charge in [0, 0.05) is 6.42 Å². The third-order valence-electron chi connectivity index (χ3n) is 4.64. The largest absolute Gasteiger partial charge is 0.460 e. The number of alkyl halides is 17. The maximum Gasteiger partial charge on any atom is 0.460 e. The van der Waals surface area contributed by atoms with Gasteiger partial charge < -0.3 is 0 Å². The summed E-state index contributed by atoms with van der Waals surface area (Å²) in [6.07, 6.45) is -11.5. The molecule has 0 amide bonds. The maximum absolute atomic E-state index is 13.8. The van der Waals surface area contributed by atoms with Gasteiger partial charge in [0.15, 0.2) is 0 Å². The van der Waals surface area contributed by atoms with Crippen LogP contribution in [0.3, 0.4) is 0 Å². The molecule has 0 heterocycles. The molecule has 0 bridgehead atoms. The van der Waals surface area contributed by atoms with Gasteiger partial charge in [-0.15, -0.1) is 0 Å². The SMILES string of the molecule is Cc1ccc(CCC(F)(F)C(F)(F)C(F)(F)C(F)(F)C(F)(F)C(F)(F)C(F)(F)C(F)(F)F)cc1. The van der Waals surface area contributed by atoms with E-state index in [0.29, 0.717) is 5.56 Å². The normalized spacial score (nSPS) is 15.6. The van der Waals surface area contributed by atoms with E-state index in [1.54, 1.807) is 0 Å². The predicted octanol–water partition coefficient (Wildman–Crippen LogP) is 7.94. The minimum absolute atomic E-state index is 0.280. The van der Waals surface area contributed by atoms with E-state index < -0.39 is 60.5 Å². The van der Waals surface area contributed by atoms with E-state index in [1.165, 1.54) is 19.1 Å². The third-order valence-corrected chi connectivity index (χ3v) is 4.64. The van der Waals surface area contributed by atoms with Crippen molar-refractivity contribution >= 4 is 0 Å². The molecule has 0 aromatic heterocycles. The molecular formula is C17H11F17. The Morgan fingerprint density at radius 1 is 0.471 bits per heavy atom. The zero-order valence-electron chi connectivity index (χ0n) is 16.1. The summed E-state index contributed by atoms with van der Waals surface area (Å²) in [5.74, 6) is -56.0. The van der Waals surface area contributed by atoms with Crippen molar-refractivity contribution < 1.29 is 74.6 Å². The van der Waals surface area contributed by atoms with E-state index in [-0.39, 0.29) is 5.56 Å². The van der Waals surface area contributed by atoms with E-state index >= 15 is 0 Å². The number of aryl methyl sites for hydroxylation is 2. The number of rotatable bonds is 9. The highest BCUT2D eigenvalue weighted by molar-refractivity contribution is 5.22. The third kappa shape index (κ3) is 4.27. The van der Waals surface area contributed by atoms with E-state index in [4.69, 9.17) is 0 Å². The molecule has 0 spiro atoms. The van der Waals surface area contributed by atoms with Gasteiger partial charge in [0.25, 0.3) is 0 Å². The molecule has 0 aliphatic rings. The summed E-state index contributed by atoms with van der Waals surface area (Å²) in [5.41, 5.74) is 0.212. The van der Waals surface area contributed by atoms with Crippen LogP contribution in [0.1, 0.15) is 17.5 Å². The van der Waals surface area contributed by atoms with Crippen LogP contribution in [0.5, 0.6) is 0 Å². The highest BCUT2D eigenvalue weighted by Gasteiger charge is 2.95. The Morgan fingerprint density at radius 3 is 1.15 bits per heavy atom. The van der Waals surface area contributed by atoms with Crippen LogP contribution in [0.2, 0.25) is 0 Å². The van der Waals surface area contributed by atoms with Gasteiger partial charge in [0.05, 0.1) is 0 Å². The van der Waals surface area contributed by atoms with Gasteiger partial charge in [-0.25, -0.2) is 0 Å². The maximum atomic E-state index is 13.8. The first-order valence-corrected chi connectivity index (χ1v) is 8.49. The first kappa shape index (κ1) is 30.1. The molecule has 34 heavy (non-hydrogen) atoms. The van der Waals surface area contributed by atoms with Crippen molar-refractivity contribution in [3.63, 3.8) is 0 Å². The Balaban J connectivity index is 3.45. The molecule has 0 saturated heterocycles. The molecular weight excluding hydrogens is 527 g/mol. The molecule has 0 atom stereocenters. The zero-order valence-corrected chi connectivity index (χ0v) is 16.1. The second-order valence-corrected chi connectivity index (χ2v) is 7.13. The van der Waals surface area contributed by atoms with Crippen molar-refractivity contribution in [1.29, 1.82) is 0 Å². The van der Waals surface area contributed by atoms with Crippen LogP contribution in [-0.4, -0.2) is 47.6 Å². The lowest BCUT2D eigenvalue weighted by atomic mass is 9.87. The van der Waals surface area contributed by atoms with Gasteiger partial charge in [-0.2, -0.15) is 74.6 Å². The van der Waals surface area contributed by atoms with Crippen molar-refractivity contribution in [2.75, 3.05) is 0 Å². The smallest absolute Gasteiger partial charge is 0.200 e. The van der Waals surface area contributed by atoms with E-state index in [2.05, 4.69) is 0 Å². The summed E-state index contributed by atoms with van der Waals surface area (Å²) in [6.45, 7) is 1.47.